The van der Waals surface area contributed by atoms with E-state index in [2.05, 4.69) is 38.8 Å². The van der Waals surface area contributed by atoms with Gasteiger partial charge in [0.15, 0.2) is 5.11 Å². The normalized spacial score (nSPS) is 9.88. The van der Waals surface area contributed by atoms with Crippen LogP contribution < -0.4 is 20.9 Å². The van der Waals surface area contributed by atoms with Crippen LogP contribution in [0.25, 0.3) is 0 Å². The highest BCUT2D eigenvalue weighted by Crippen LogP contribution is 2.21. The summed E-state index contributed by atoms with van der Waals surface area (Å²) in [5, 5.41) is 2.98. The number of hydrazine groups is 1. The summed E-state index contributed by atoms with van der Waals surface area (Å²) in [7, 11) is 1.56. The number of methoxy groups -OCH3 is 1. The maximum absolute atomic E-state index is 12.1. The molecule has 0 aromatic heterocycles. The van der Waals surface area contributed by atoms with Crippen LogP contribution >= 0.6 is 46.4 Å². The Kier molecular flexibility index (Phi) is 6.97. The summed E-state index contributed by atoms with van der Waals surface area (Å²) in [5.41, 5.74) is 5.68. The zero-order valence-corrected chi connectivity index (χ0v) is 16.7. The molecule has 2 aromatic carbocycles. The maximum atomic E-state index is 12.1. The van der Waals surface area contributed by atoms with Crippen molar-refractivity contribution in [2.75, 3.05) is 7.11 Å². The van der Waals surface area contributed by atoms with Gasteiger partial charge in [-0.1, -0.05) is 11.6 Å². The van der Waals surface area contributed by atoms with E-state index in [4.69, 9.17) is 28.6 Å². The molecule has 0 saturated carbocycles. The van der Waals surface area contributed by atoms with E-state index in [1.54, 1.807) is 49.6 Å². The van der Waals surface area contributed by atoms with Crippen molar-refractivity contribution in [1.82, 2.24) is 16.2 Å². The van der Waals surface area contributed by atoms with Gasteiger partial charge in [0.05, 0.1) is 10.7 Å². The van der Waals surface area contributed by atoms with Gasteiger partial charge in [-0.3, -0.25) is 25.8 Å². The van der Waals surface area contributed by atoms with E-state index in [0.29, 0.717) is 21.9 Å². The van der Waals surface area contributed by atoms with Crippen LogP contribution in [-0.4, -0.2) is 24.0 Å². The lowest BCUT2D eigenvalue weighted by atomic mass is 10.2. The van der Waals surface area contributed by atoms with Crippen LogP contribution in [0.5, 0.6) is 5.75 Å². The highest BCUT2D eigenvalue weighted by atomic mass is 127. The van der Waals surface area contributed by atoms with Gasteiger partial charge in [-0.15, -0.1) is 0 Å². The third-order valence-corrected chi connectivity index (χ3v) is 4.34. The second-order valence-electron chi connectivity index (χ2n) is 4.72. The number of carbonyl (C=O) groups is 2. The number of halogens is 2. The average Bonchev–Trinajstić information content (AvgIpc) is 2.60. The Morgan fingerprint density at radius 2 is 1.68 bits per heavy atom. The molecule has 0 saturated heterocycles. The van der Waals surface area contributed by atoms with Crippen molar-refractivity contribution < 1.29 is 14.3 Å². The molecule has 25 heavy (non-hydrogen) atoms. The molecule has 2 rings (SSSR count). The zero-order valence-electron chi connectivity index (χ0n) is 12.9. The van der Waals surface area contributed by atoms with Crippen LogP contribution in [0.1, 0.15) is 20.7 Å². The molecule has 2 aromatic rings. The Balaban J connectivity index is 1.89. The van der Waals surface area contributed by atoms with E-state index < -0.39 is 11.8 Å². The zero-order chi connectivity index (χ0) is 18.4. The van der Waals surface area contributed by atoms with Gasteiger partial charge in [0.25, 0.3) is 11.8 Å². The van der Waals surface area contributed by atoms with Gasteiger partial charge in [-0.25, -0.2) is 0 Å². The van der Waals surface area contributed by atoms with Gasteiger partial charge in [0, 0.05) is 16.1 Å². The van der Waals surface area contributed by atoms with Crippen molar-refractivity contribution in [1.29, 1.82) is 0 Å². The van der Waals surface area contributed by atoms with Gasteiger partial charge in [-0.2, -0.15) is 0 Å². The molecule has 0 aliphatic heterocycles. The lowest BCUT2D eigenvalue weighted by molar-refractivity contribution is 0.0934. The Bertz CT molecular complexity index is 815. The van der Waals surface area contributed by atoms with Crippen LogP contribution in [-0.2, 0) is 0 Å². The molecule has 0 radical (unpaired) electrons. The molecule has 0 atom stereocenters. The van der Waals surface area contributed by atoms with Crippen molar-refractivity contribution in [2.24, 2.45) is 0 Å². The SMILES string of the molecule is COc1ccc(C(=O)NC(=S)NNC(=O)c2ccc(Cl)cc2)cc1I. The molecule has 3 N–H and O–H groups in total. The monoisotopic (exact) mass is 489 g/mol. The molecule has 0 aliphatic carbocycles. The number of hydrogen-bond acceptors (Lipinski definition) is 4. The van der Waals surface area contributed by atoms with E-state index in [-0.39, 0.29) is 5.11 Å². The number of thiocarbonyl (C=S) groups is 1. The molecule has 0 unspecified atom stereocenters. The summed E-state index contributed by atoms with van der Waals surface area (Å²) in [4.78, 5) is 24.1. The Morgan fingerprint density at radius 1 is 1.04 bits per heavy atom. The predicted molar refractivity (Wildman–Crippen MR) is 108 cm³/mol. The summed E-state index contributed by atoms with van der Waals surface area (Å²) >= 11 is 12.8. The summed E-state index contributed by atoms with van der Waals surface area (Å²) in [6.07, 6.45) is 0. The fourth-order valence-corrected chi connectivity index (χ4v) is 2.81. The molecule has 9 heteroatoms. The number of ether oxygens (including phenoxy) is 1. The Hall–Kier alpha value is -1.91. The van der Waals surface area contributed by atoms with Crippen molar-refractivity contribution in [2.45, 2.75) is 0 Å². The molecular formula is C16H13ClIN3O3S. The second kappa shape index (κ2) is 8.97. The highest BCUT2D eigenvalue weighted by molar-refractivity contribution is 14.1. The fraction of sp³-hybridized carbons (Fsp3) is 0.0625. The van der Waals surface area contributed by atoms with E-state index in [1.807, 2.05) is 0 Å². The minimum absolute atomic E-state index is 0.0295. The minimum Gasteiger partial charge on any atom is -0.496 e. The molecule has 2 amide bonds. The number of nitrogens with one attached hydrogen (secondary N) is 3. The molecule has 0 spiro atoms. The van der Waals surface area contributed by atoms with Gasteiger partial charge < -0.3 is 4.74 Å². The molecule has 0 heterocycles. The smallest absolute Gasteiger partial charge is 0.269 e. The van der Waals surface area contributed by atoms with E-state index in [1.165, 1.54) is 0 Å². The second-order valence-corrected chi connectivity index (χ2v) is 6.73. The first kappa shape index (κ1) is 19.4. The lowest BCUT2D eigenvalue weighted by Crippen LogP contribution is -2.48. The van der Waals surface area contributed by atoms with Crippen LogP contribution in [0.3, 0.4) is 0 Å². The summed E-state index contributed by atoms with van der Waals surface area (Å²) in [6, 6.07) is 11.3. The first-order valence-corrected chi connectivity index (χ1v) is 8.78. The first-order chi connectivity index (χ1) is 11.9. The number of carbonyl (C=O) groups excluding carboxylic acids is 2. The summed E-state index contributed by atoms with van der Waals surface area (Å²) in [6.45, 7) is 0. The standard InChI is InChI=1S/C16H13ClIN3O3S/c1-24-13-7-4-10(8-12(13)18)14(22)19-16(25)21-20-15(23)9-2-5-11(17)6-3-9/h2-8H,1H3,(H,20,23)(H2,19,21,22,25). The summed E-state index contributed by atoms with van der Waals surface area (Å²) in [5.74, 6) is -0.140. The number of benzene rings is 2. The van der Waals surface area contributed by atoms with E-state index in [9.17, 15) is 9.59 Å². The van der Waals surface area contributed by atoms with Crippen LogP contribution in [0.2, 0.25) is 5.02 Å². The first-order valence-electron chi connectivity index (χ1n) is 6.91. The topological polar surface area (TPSA) is 79.5 Å². The summed E-state index contributed by atoms with van der Waals surface area (Å²) < 4.78 is 5.94. The Morgan fingerprint density at radius 3 is 2.28 bits per heavy atom. The van der Waals surface area contributed by atoms with E-state index in [0.717, 1.165) is 3.57 Å². The van der Waals surface area contributed by atoms with E-state index >= 15 is 0 Å². The maximum Gasteiger partial charge on any atom is 0.269 e. The number of amides is 2. The molecule has 130 valence electrons. The largest absolute Gasteiger partial charge is 0.496 e. The van der Waals surface area contributed by atoms with Gasteiger partial charge in [0.2, 0.25) is 0 Å². The fourth-order valence-electron chi connectivity index (χ4n) is 1.80. The highest BCUT2D eigenvalue weighted by Gasteiger charge is 2.11. The van der Waals surface area contributed by atoms with Crippen molar-refractivity contribution in [3.63, 3.8) is 0 Å². The molecule has 0 bridgehead atoms. The molecular weight excluding hydrogens is 477 g/mol. The van der Waals surface area contributed by atoms with Crippen LogP contribution in [0.15, 0.2) is 42.5 Å². The van der Waals surface area contributed by atoms with Gasteiger partial charge >= 0.3 is 0 Å². The molecule has 0 fully saturated rings. The average molecular weight is 490 g/mol. The Labute approximate surface area is 168 Å². The minimum atomic E-state index is -0.410. The van der Waals surface area contributed by atoms with Crippen molar-refractivity contribution in [3.8, 4) is 5.75 Å². The number of rotatable bonds is 3. The number of hydrogen-bond donors (Lipinski definition) is 3. The quantitative estimate of drug-likeness (QED) is 0.351. The van der Waals surface area contributed by atoms with Crippen molar-refractivity contribution >= 4 is 63.3 Å². The molecule has 0 aliphatic rings. The third-order valence-electron chi connectivity index (χ3n) is 3.04. The lowest BCUT2D eigenvalue weighted by Gasteiger charge is -2.11. The third kappa shape index (κ3) is 5.55. The van der Waals surface area contributed by atoms with Crippen LogP contribution in [0, 0.1) is 3.57 Å². The molecule has 6 nitrogen and oxygen atoms in total. The predicted octanol–water partition coefficient (Wildman–Crippen LogP) is 2.90. The van der Waals surface area contributed by atoms with Crippen molar-refractivity contribution in [3.05, 3.63) is 62.2 Å². The van der Waals surface area contributed by atoms with Crippen LogP contribution in [0.4, 0.5) is 0 Å². The van der Waals surface area contributed by atoms with Gasteiger partial charge in [-0.05, 0) is 77.3 Å². The van der Waals surface area contributed by atoms with Gasteiger partial charge in [0.1, 0.15) is 5.75 Å².